The summed E-state index contributed by atoms with van der Waals surface area (Å²) in [6, 6.07) is 0. The molecule has 0 saturated carbocycles. The zero-order valence-corrected chi connectivity index (χ0v) is 18.8. The third-order valence-electron chi connectivity index (χ3n) is 4.75. The molecule has 0 aromatic carbocycles. The molecule has 19 heteroatoms. The van der Waals surface area contributed by atoms with Crippen molar-refractivity contribution in [3.8, 4) is 0 Å². The average molecular weight is 511 g/mol. The van der Waals surface area contributed by atoms with Gasteiger partial charge in [-0.1, -0.05) is 0 Å². The second-order valence-electron chi connectivity index (χ2n) is 6.92. The Morgan fingerprint density at radius 1 is 1.19 bits per heavy atom. The highest BCUT2D eigenvalue weighted by molar-refractivity contribution is 7.78. The number of imidazole rings is 1. The van der Waals surface area contributed by atoms with Gasteiger partial charge in [-0.05, 0) is 0 Å². The number of methoxy groups -OCH3 is 1. The van der Waals surface area contributed by atoms with Crippen LogP contribution in [0.4, 0.5) is 5.82 Å². The van der Waals surface area contributed by atoms with Crippen molar-refractivity contribution in [1.82, 2.24) is 19.5 Å². The first kappa shape index (κ1) is 22.7. The lowest BCUT2D eigenvalue weighted by Crippen LogP contribution is -2.32. The van der Waals surface area contributed by atoms with Gasteiger partial charge in [0.2, 0.25) is 0 Å². The van der Waals surface area contributed by atoms with Crippen molar-refractivity contribution in [3.63, 3.8) is 0 Å². The van der Waals surface area contributed by atoms with Crippen LogP contribution in [0.1, 0.15) is 6.23 Å². The lowest BCUT2D eigenvalue weighted by Gasteiger charge is -2.39. The van der Waals surface area contributed by atoms with Gasteiger partial charge in [-0.15, -0.1) is 0 Å². The van der Waals surface area contributed by atoms with Gasteiger partial charge in [-0.2, -0.15) is 0 Å². The molecule has 5 rings (SSSR count). The molecule has 3 aliphatic rings. The second-order valence-corrected chi connectivity index (χ2v) is 12.5. The third-order valence-corrected chi connectivity index (χ3v) is 10.9. The Hall–Kier alpha value is -1.12. The standard InChI is InChI=1S/C13H18N5O11P3/c1-23-13-26-8-6(2-24-30-28-31(19,20)5-32(21,22)29-30)25-12(9(8)27-13)18-4-17-7-10(14)15-3-16-11(7)18/h3-4,6,8-9,12-13H,2,5H2,1H3,(H,19,20)(H,21,22)(H2,14,15,16)/p-2/t6-,8?,9+,12-,13?/m1/s1. The van der Waals surface area contributed by atoms with E-state index in [0.717, 1.165) is 0 Å². The van der Waals surface area contributed by atoms with E-state index in [1.165, 1.54) is 19.8 Å². The third kappa shape index (κ3) is 4.23. The van der Waals surface area contributed by atoms with Crippen LogP contribution in [-0.2, 0) is 41.2 Å². The fourth-order valence-electron chi connectivity index (χ4n) is 3.49. The summed E-state index contributed by atoms with van der Waals surface area (Å²) in [5.41, 5.74) is 6.58. The molecule has 0 spiro atoms. The van der Waals surface area contributed by atoms with Crippen molar-refractivity contribution in [2.75, 3.05) is 25.4 Å². The van der Waals surface area contributed by atoms with E-state index in [-0.39, 0.29) is 12.4 Å². The first-order valence-electron chi connectivity index (χ1n) is 9.00. The molecule has 2 aromatic rings. The molecule has 3 saturated heterocycles. The largest absolute Gasteiger partial charge is 0.778 e. The van der Waals surface area contributed by atoms with E-state index in [2.05, 4.69) is 23.6 Å². The molecule has 2 N–H and O–H groups in total. The Labute approximate surface area is 181 Å². The zero-order chi connectivity index (χ0) is 22.7. The number of anilines is 1. The van der Waals surface area contributed by atoms with Crippen LogP contribution >= 0.6 is 23.8 Å². The van der Waals surface area contributed by atoms with Gasteiger partial charge in [0.1, 0.15) is 30.2 Å². The second kappa shape index (κ2) is 8.27. The minimum atomic E-state index is -4.65. The van der Waals surface area contributed by atoms with Crippen LogP contribution in [0.25, 0.3) is 11.2 Å². The Morgan fingerprint density at radius 2 is 1.91 bits per heavy atom. The van der Waals surface area contributed by atoms with E-state index in [0.29, 0.717) is 11.2 Å². The highest BCUT2D eigenvalue weighted by atomic mass is 31.3. The van der Waals surface area contributed by atoms with Crippen molar-refractivity contribution in [1.29, 1.82) is 0 Å². The van der Waals surface area contributed by atoms with Gasteiger partial charge < -0.3 is 48.1 Å². The molecule has 32 heavy (non-hydrogen) atoms. The molecular weight excluding hydrogens is 495 g/mol. The van der Waals surface area contributed by atoms with E-state index < -0.39 is 60.7 Å². The highest BCUT2D eigenvalue weighted by Crippen LogP contribution is 2.72. The molecule has 3 aliphatic heterocycles. The monoisotopic (exact) mass is 511 g/mol. The summed E-state index contributed by atoms with van der Waals surface area (Å²) in [4.78, 5) is 35.6. The maximum atomic E-state index is 11.7. The normalized spacial score (nSPS) is 41.8. The van der Waals surface area contributed by atoms with Crippen LogP contribution in [0, 0.1) is 0 Å². The van der Waals surface area contributed by atoms with E-state index in [4.69, 9.17) is 29.2 Å². The fraction of sp³-hybridized carbons (Fsp3) is 0.615. The topological polar surface area (TPSA) is 214 Å². The molecule has 4 unspecified atom stereocenters. The summed E-state index contributed by atoms with van der Waals surface area (Å²) in [5, 5.41) is 0. The summed E-state index contributed by atoms with van der Waals surface area (Å²) in [5.74, 6) is -1.06. The average Bonchev–Trinajstić information content (AvgIpc) is 3.38. The van der Waals surface area contributed by atoms with Gasteiger partial charge in [0.05, 0.1) is 18.8 Å². The van der Waals surface area contributed by atoms with Gasteiger partial charge in [-0.3, -0.25) is 13.2 Å². The van der Waals surface area contributed by atoms with Crippen molar-refractivity contribution < 1.29 is 51.0 Å². The first-order valence-corrected chi connectivity index (χ1v) is 13.6. The van der Waals surface area contributed by atoms with Gasteiger partial charge >= 0.3 is 8.60 Å². The Balaban J connectivity index is 1.36. The van der Waals surface area contributed by atoms with Crippen LogP contribution < -0.4 is 15.5 Å². The molecule has 0 radical (unpaired) electrons. The number of hydrogen-bond donors (Lipinski definition) is 1. The Kier molecular flexibility index (Phi) is 5.86. The van der Waals surface area contributed by atoms with Crippen molar-refractivity contribution >= 4 is 40.8 Å². The Bertz CT molecular complexity index is 1090. The molecule has 0 amide bonds. The molecule has 16 nitrogen and oxygen atoms in total. The fourth-order valence-corrected chi connectivity index (χ4v) is 9.19. The summed E-state index contributed by atoms with van der Waals surface area (Å²) in [6.45, 7) is -1.32. The number of rotatable bonds is 5. The number of nitrogen functional groups attached to an aromatic ring is 1. The number of hydrogen-bond acceptors (Lipinski definition) is 15. The van der Waals surface area contributed by atoms with Crippen LogP contribution in [0.15, 0.2) is 12.7 Å². The van der Waals surface area contributed by atoms with Crippen molar-refractivity contribution in [2.45, 2.75) is 31.0 Å². The summed E-state index contributed by atoms with van der Waals surface area (Å²) < 4.78 is 62.0. The lowest BCUT2D eigenvalue weighted by atomic mass is 10.1. The first-order chi connectivity index (χ1) is 15.2. The van der Waals surface area contributed by atoms with Crippen LogP contribution in [-0.4, -0.2) is 63.9 Å². The molecule has 0 aliphatic carbocycles. The minimum Gasteiger partial charge on any atom is -0.778 e. The van der Waals surface area contributed by atoms with Crippen LogP contribution in [0.2, 0.25) is 0 Å². The van der Waals surface area contributed by atoms with Gasteiger partial charge in [-0.25, -0.2) is 15.0 Å². The molecule has 0 bridgehead atoms. The maximum Gasteiger partial charge on any atom is 0.343 e. The zero-order valence-electron chi connectivity index (χ0n) is 16.2. The van der Waals surface area contributed by atoms with Gasteiger partial charge in [0.15, 0.2) is 32.9 Å². The van der Waals surface area contributed by atoms with Crippen LogP contribution in [0.3, 0.4) is 0 Å². The quantitative estimate of drug-likeness (QED) is 0.495. The predicted octanol–water partition coefficient (Wildman–Crippen LogP) is -0.625. The van der Waals surface area contributed by atoms with E-state index >= 15 is 0 Å². The highest BCUT2D eigenvalue weighted by Gasteiger charge is 2.54. The SMILES string of the molecule is COC1OC2[C@@H](COP3OP(=O)([O-])CP(=O)([O-])O3)O[C@@H](n3cnc4c(N)ncnc43)[C@H]2O1. The molecule has 176 valence electrons. The summed E-state index contributed by atoms with van der Waals surface area (Å²) in [6.07, 6.45) is -0.335. The smallest absolute Gasteiger partial charge is 0.343 e. The van der Waals surface area contributed by atoms with Crippen LogP contribution in [0.5, 0.6) is 0 Å². The van der Waals surface area contributed by atoms with Crippen molar-refractivity contribution in [3.05, 3.63) is 12.7 Å². The molecular formula is C13H16N5O11P3-2. The minimum absolute atomic E-state index is 0.181. The lowest BCUT2D eigenvalue weighted by molar-refractivity contribution is -0.256. The van der Waals surface area contributed by atoms with E-state index in [1.54, 1.807) is 4.57 Å². The molecule has 2 aromatic heterocycles. The maximum absolute atomic E-state index is 11.7. The van der Waals surface area contributed by atoms with Crippen molar-refractivity contribution in [2.24, 2.45) is 0 Å². The number of ether oxygens (including phenoxy) is 4. The van der Waals surface area contributed by atoms with Gasteiger partial charge in [0, 0.05) is 7.11 Å². The molecule has 5 heterocycles. The predicted molar refractivity (Wildman–Crippen MR) is 99.3 cm³/mol. The van der Waals surface area contributed by atoms with Gasteiger partial charge in [0.25, 0.3) is 6.48 Å². The summed E-state index contributed by atoms with van der Waals surface area (Å²) >= 11 is 0. The number of nitrogens with zero attached hydrogens (tertiary/aromatic N) is 4. The number of nitrogens with two attached hydrogens (primary N) is 1. The number of aromatic nitrogens is 4. The van der Waals surface area contributed by atoms with E-state index in [1.807, 2.05) is 0 Å². The molecule has 7 atom stereocenters. The summed E-state index contributed by atoms with van der Waals surface area (Å²) in [7, 11) is -10.6. The number of fused-ring (bicyclic) bond motifs is 2. The Morgan fingerprint density at radius 3 is 2.62 bits per heavy atom. The van der Waals surface area contributed by atoms with E-state index in [9.17, 15) is 18.9 Å². The molecule has 3 fully saturated rings.